The van der Waals surface area contributed by atoms with Crippen molar-refractivity contribution in [1.29, 1.82) is 0 Å². The SMILES string of the molecule is [N-]=[N+]=N[C@H](C(=O)O)[C@@H]1CCOC1. The number of ether oxygens (including phenoxy) is 1. The number of carboxylic acid groups (broad SMARTS) is 1. The molecule has 1 rings (SSSR count). The van der Waals surface area contributed by atoms with Crippen LogP contribution in [0.25, 0.3) is 10.4 Å². The van der Waals surface area contributed by atoms with Crippen LogP contribution in [0, 0.1) is 5.92 Å². The normalized spacial score (nSPS) is 24.5. The molecule has 0 spiro atoms. The lowest BCUT2D eigenvalue weighted by Gasteiger charge is -2.10. The summed E-state index contributed by atoms with van der Waals surface area (Å²) in [6, 6.07) is -0.975. The highest BCUT2D eigenvalue weighted by Gasteiger charge is 2.30. The van der Waals surface area contributed by atoms with E-state index in [0.29, 0.717) is 19.6 Å². The summed E-state index contributed by atoms with van der Waals surface area (Å²) in [6.07, 6.45) is 0.649. The van der Waals surface area contributed by atoms with Gasteiger partial charge in [0.25, 0.3) is 0 Å². The summed E-state index contributed by atoms with van der Waals surface area (Å²) in [5, 5.41) is 11.9. The maximum absolute atomic E-state index is 10.6. The molecule has 0 aliphatic carbocycles. The molecule has 66 valence electrons. The van der Waals surface area contributed by atoms with E-state index < -0.39 is 12.0 Å². The van der Waals surface area contributed by atoms with Crippen molar-refractivity contribution >= 4 is 5.97 Å². The highest BCUT2D eigenvalue weighted by atomic mass is 16.5. The highest BCUT2D eigenvalue weighted by Crippen LogP contribution is 2.19. The smallest absolute Gasteiger partial charge is 0.312 e. The van der Waals surface area contributed by atoms with Crippen LogP contribution >= 0.6 is 0 Å². The van der Waals surface area contributed by atoms with E-state index in [1.807, 2.05) is 0 Å². The van der Waals surface area contributed by atoms with Crippen molar-refractivity contribution in [2.75, 3.05) is 13.2 Å². The number of hydrogen-bond acceptors (Lipinski definition) is 3. The second-order valence-electron chi connectivity index (χ2n) is 2.61. The van der Waals surface area contributed by atoms with Gasteiger partial charge < -0.3 is 9.84 Å². The zero-order chi connectivity index (χ0) is 8.97. The molecule has 0 aromatic carbocycles. The molecule has 2 atom stereocenters. The second kappa shape index (κ2) is 3.94. The molecule has 0 bridgehead atoms. The van der Waals surface area contributed by atoms with Crippen molar-refractivity contribution in [3.05, 3.63) is 10.4 Å². The van der Waals surface area contributed by atoms with Crippen molar-refractivity contribution in [2.24, 2.45) is 11.0 Å². The summed E-state index contributed by atoms with van der Waals surface area (Å²) in [5.74, 6) is -1.25. The van der Waals surface area contributed by atoms with E-state index in [9.17, 15) is 4.79 Å². The number of nitrogens with zero attached hydrogens (tertiary/aromatic N) is 3. The van der Waals surface area contributed by atoms with Crippen molar-refractivity contribution in [1.82, 2.24) is 0 Å². The molecular weight excluding hydrogens is 162 g/mol. The molecule has 1 heterocycles. The van der Waals surface area contributed by atoms with Crippen molar-refractivity contribution < 1.29 is 14.6 Å². The second-order valence-corrected chi connectivity index (χ2v) is 2.61. The van der Waals surface area contributed by atoms with Gasteiger partial charge in [0.15, 0.2) is 0 Å². The summed E-state index contributed by atoms with van der Waals surface area (Å²) in [6.45, 7) is 0.922. The zero-order valence-corrected chi connectivity index (χ0v) is 6.38. The van der Waals surface area contributed by atoms with Crippen LogP contribution in [-0.4, -0.2) is 30.3 Å². The van der Waals surface area contributed by atoms with E-state index >= 15 is 0 Å². The molecule has 6 heteroatoms. The van der Waals surface area contributed by atoms with Crippen LogP contribution in [0.4, 0.5) is 0 Å². The summed E-state index contributed by atoms with van der Waals surface area (Å²) in [7, 11) is 0. The molecule has 1 aliphatic heterocycles. The van der Waals surface area contributed by atoms with Gasteiger partial charge >= 0.3 is 5.97 Å². The molecule has 0 aromatic heterocycles. The van der Waals surface area contributed by atoms with Gasteiger partial charge in [-0.25, -0.2) is 0 Å². The Kier molecular flexibility index (Phi) is 2.90. The monoisotopic (exact) mass is 171 g/mol. The summed E-state index contributed by atoms with van der Waals surface area (Å²) >= 11 is 0. The summed E-state index contributed by atoms with van der Waals surface area (Å²) < 4.78 is 4.99. The summed E-state index contributed by atoms with van der Waals surface area (Å²) in [5.41, 5.74) is 8.10. The molecular formula is C6H9N3O3. The van der Waals surface area contributed by atoms with Crippen LogP contribution in [0.1, 0.15) is 6.42 Å². The van der Waals surface area contributed by atoms with Crippen molar-refractivity contribution in [3.63, 3.8) is 0 Å². The van der Waals surface area contributed by atoms with Crippen LogP contribution in [0.3, 0.4) is 0 Å². The van der Waals surface area contributed by atoms with E-state index in [-0.39, 0.29) is 5.92 Å². The van der Waals surface area contributed by atoms with Crippen LogP contribution in [0.5, 0.6) is 0 Å². The molecule has 1 saturated heterocycles. The van der Waals surface area contributed by atoms with E-state index in [0.717, 1.165) is 0 Å². The maximum Gasteiger partial charge on any atom is 0.312 e. The minimum absolute atomic E-state index is 0.168. The van der Waals surface area contributed by atoms with E-state index in [1.165, 1.54) is 0 Å². The van der Waals surface area contributed by atoms with Crippen LogP contribution in [0.15, 0.2) is 5.11 Å². The third-order valence-corrected chi connectivity index (χ3v) is 1.84. The minimum atomic E-state index is -1.08. The average molecular weight is 171 g/mol. The molecule has 0 aromatic rings. The van der Waals surface area contributed by atoms with Gasteiger partial charge in [0.1, 0.15) is 6.04 Å². The Labute approximate surface area is 68.8 Å². The Balaban J connectivity index is 2.63. The summed E-state index contributed by atoms with van der Waals surface area (Å²) in [4.78, 5) is 13.0. The van der Waals surface area contributed by atoms with Crippen molar-refractivity contribution in [2.45, 2.75) is 12.5 Å². The van der Waals surface area contributed by atoms with Crippen LogP contribution in [-0.2, 0) is 9.53 Å². The Morgan fingerprint density at radius 3 is 3.00 bits per heavy atom. The molecule has 1 N–H and O–H groups in total. The molecule has 12 heavy (non-hydrogen) atoms. The molecule has 1 fully saturated rings. The lowest BCUT2D eigenvalue weighted by atomic mass is 10.0. The van der Waals surface area contributed by atoms with Crippen LogP contribution < -0.4 is 0 Å². The third-order valence-electron chi connectivity index (χ3n) is 1.84. The van der Waals surface area contributed by atoms with E-state index in [1.54, 1.807) is 0 Å². The standard InChI is InChI=1S/C6H9N3O3/c7-9-8-5(6(10)11)4-1-2-12-3-4/h4-5H,1-3H2,(H,10,11)/t4-,5+/m1/s1. The fraction of sp³-hybridized carbons (Fsp3) is 0.833. The molecule has 0 saturated carbocycles. The number of rotatable bonds is 3. The predicted molar refractivity (Wildman–Crippen MR) is 39.5 cm³/mol. The fourth-order valence-corrected chi connectivity index (χ4v) is 1.20. The Bertz CT molecular complexity index is 216. The topological polar surface area (TPSA) is 95.3 Å². The molecule has 0 amide bonds. The first-order valence-electron chi connectivity index (χ1n) is 3.60. The first-order chi connectivity index (χ1) is 5.75. The number of carboxylic acids is 1. The molecule has 6 nitrogen and oxygen atoms in total. The van der Waals surface area contributed by atoms with Crippen molar-refractivity contribution in [3.8, 4) is 0 Å². The van der Waals surface area contributed by atoms with Gasteiger partial charge in [-0.2, -0.15) is 0 Å². The van der Waals surface area contributed by atoms with Gasteiger partial charge in [0.2, 0.25) is 0 Å². The van der Waals surface area contributed by atoms with Gasteiger partial charge in [-0.05, 0) is 12.0 Å². The highest BCUT2D eigenvalue weighted by molar-refractivity contribution is 5.74. The minimum Gasteiger partial charge on any atom is -0.481 e. The maximum atomic E-state index is 10.6. The largest absolute Gasteiger partial charge is 0.481 e. The van der Waals surface area contributed by atoms with E-state index in [4.69, 9.17) is 15.4 Å². The fourth-order valence-electron chi connectivity index (χ4n) is 1.20. The van der Waals surface area contributed by atoms with Gasteiger partial charge in [0.05, 0.1) is 6.61 Å². The Hall–Kier alpha value is -1.26. The first kappa shape index (κ1) is 8.83. The number of aliphatic carboxylic acids is 1. The number of hydrogen-bond donors (Lipinski definition) is 1. The van der Waals surface area contributed by atoms with Gasteiger partial charge in [0, 0.05) is 17.4 Å². The quantitative estimate of drug-likeness (QED) is 0.386. The lowest BCUT2D eigenvalue weighted by Crippen LogP contribution is -2.27. The number of azide groups is 1. The Morgan fingerprint density at radius 2 is 2.58 bits per heavy atom. The predicted octanol–water partition coefficient (Wildman–Crippen LogP) is 0.786. The van der Waals surface area contributed by atoms with Gasteiger partial charge in [-0.1, -0.05) is 5.11 Å². The zero-order valence-electron chi connectivity index (χ0n) is 6.38. The van der Waals surface area contributed by atoms with Gasteiger partial charge in [-0.3, -0.25) is 4.79 Å². The molecule has 1 aliphatic rings. The number of carbonyl (C=O) groups is 1. The van der Waals surface area contributed by atoms with Gasteiger partial charge in [-0.15, -0.1) is 0 Å². The lowest BCUT2D eigenvalue weighted by molar-refractivity contribution is -0.139. The average Bonchev–Trinajstić information content (AvgIpc) is 2.51. The van der Waals surface area contributed by atoms with E-state index in [2.05, 4.69) is 10.0 Å². The Morgan fingerprint density at radius 1 is 1.83 bits per heavy atom. The third kappa shape index (κ3) is 1.87. The van der Waals surface area contributed by atoms with Crippen LogP contribution in [0.2, 0.25) is 0 Å². The first-order valence-corrected chi connectivity index (χ1v) is 3.60. The molecule has 0 unspecified atom stereocenters. The molecule has 0 radical (unpaired) electrons.